The molecule has 2 aromatic heterocycles. The third kappa shape index (κ3) is 3.19. The van der Waals surface area contributed by atoms with Gasteiger partial charge in [-0.15, -0.1) is 0 Å². The van der Waals surface area contributed by atoms with E-state index in [-0.39, 0.29) is 16.5 Å². The molecule has 0 atom stereocenters. The summed E-state index contributed by atoms with van der Waals surface area (Å²) in [4.78, 5) is 35.8. The second-order valence-electron chi connectivity index (χ2n) is 9.64. The van der Waals surface area contributed by atoms with Crippen molar-refractivity contribution in [2.75, 3.05) is 6.54 Å². The zero-order valence-corrected chi connectivity index (χ0v) is 17.9. The predicted octanol–water partition coefficient (Wildman–Crippen LogP) is 2.89. The first-order valence-corrected chi connectivity index (χ1v) is 10.8. The van der Waals surface area contributed by atoms with E-state index in [0.29, 0.717) is 13.1 Å². The quantitative estimate of drug-likeness (QED) is 0.713. The van der Waals surface area contributed by atoms with E-state index >= 15 is 0 Å². The molecule has 0 aliphatic carbocycles. The summed E-state index contributed by atoms with van der Waals surface area (Å²) in [7, 11) is 0. The van der Waals surface area contributed by atoms with Crippen LogP contribution in [0.15, 0.2) is 33.9 Å². The van der Waals surface area contributed by atoms with E-state index in [0.717, 1.165) is 65.9 Å². The fraction of sp³-hybridized carbons (Fsp3) is 0.458. The highest BCUT2D eigenvalue weighted by Crippen LogP contribution is 2.25. The van der Waals surface area contributed by atoms with E-state index in [1.807, 2.05) is 10.6 Å². The van der Waals surface area contributed by atoms with Gasteiger partial charge in [0.2, 0.25) is 0 Å². The molecule has 2 aliphatic rings. The molecular formula is C24H28N4O2. The number of hydrogen-bond donors (Lipinski definition) is 1. The number of rotatable bonds is 2. The van der Waals surface area contributed by atoms with Crippen molar-refractivity contribution in [1.29, 1.82) is 0 Å². The number of para-hydroxylation sites is 1. The van der Waals surface area contributed by atoms with Gasteiger partial charge in [0.25, 0.3) is 11.1 Å². The third-order valence-electron chi connectivity index (χ3n) is 6.35. The fourth-order valence-corrected chi connectivity index (χ4v) is 4.75. The summed E-state index contributed by atoms with van der Waals surface area (Å²) in [5, 5.41) is 1.13. The molecule has 6 nitrogen and oxygen atoms in total. The van der Waals surface area contributed by atoms with Crippen molar-refractivity contribution in [2.24, 2.45) is 0 Å². The lowest BCUT2D eigenvalue weighted by Crippen LogP contribution is -2.38. The van der Waals surface area contributed by atoms with Crippen LogP contribution in [-0.4, -0.2) is 26.0 Å². The van der Waals surface area contributed by atoms with Gasteiger partial charge in [0, 0.05) is 43.6 Å². The Morgan fingerprint density at radius 2 is 1.97 bits per heavy atom. The van der Waals surface area contributed by atoms with E-state index in [9.17, 15) is 9.59 Å². The van der Waals surface area contributed by atoms with E-state index in [1.165, 1.54) is 5.56 Å². The number of pyridine rings is 1. The van der Waals surface area contributed by atoms with Gasteiger partial charge in [0.1, 0.15) is 5.82 Å². The molecule has 0 fully saturated rings. The fourth-order valence-electron chi connectivity index (χ4n) is 4.75. The summed E-state index contributed by atoms with van der Waals surface area (Å²) < 4.78 is 1.95. The Morgan fingerprint density at radius 3 is 2.77 bits per heavy atom. The molecule has 0 amide bonds. The minimum atomic E-state index is -0.189. The van der Waals surface area contributed by atoms with Crippen LogP contribution in [-0.2, 0) is 37.9 Å². The molecule has 3 aromatic rings. The first kappa shape index (κ1) is 19.2. The zero-order chi connectivity index (χ0) is 21.0. The number of aromatic nitrogens is 3. The maximum atomic E-state index is 13.2. The van der Waals surface area contributed by atoms with E-state index in [1.54, 1.807) is 0 Å². The molecule has 5 rings (SSSR count). The highest BCUT2D eigenvalue weighted by molar-refractivity contribution is 5.83. The highest BCUT2D eigenvalue weighted by atomic mass is 16.1. The van der Waals surface area contributed by atoms with Crippen LogP contribution in [0, 0.1) is 0 Å². The molecule has 6 heteroatoms. The number of fused-ring (bicyclic) bond motifs is 1. The maximum absolute atomic E-state index is 13.2. The molecule has 0 radical (unpaired) electrons. The monoisotopic (exact) mass is 404 g/mol. The van der Waals surface area contributed by atoms with Crippen molar-refractivity contribution in [2.45, 2.75) is 65.1 Å². The number of benzene rings is 1. The average Bonchev–Trinajstić information content (AvgIpc) is 2.71. The predicted molar refractivity (Wildman–Crippen MR) is 118 cm³/mol. The second-order valence-corrected chi connectivity index (χ2v) is 9.64. The van der Waals surface area contributed by atoms with Crippen LogP contribution in [0.2, 0.25) is 0 Å². The summed E-state index contributed by atoms with van der Waals surface area (Å²) in [5.74, 6) is 0.738. The first-order chi connectivity index (χ1) is 14.3. The van der Waals surface area contributed by atoms with Gasteiger partial charge < -0.3 is 9.55 Å². The van der Waals surface area contributed by atoms with Gasteiger partial charge in [0.15, 0.2) is 0 Å². The van der Waals surface area contributed by atoms with E-state index < -0.39 is 0 Å². The lowest BCUT2D eigenvalue weighted by atomic mass is 9.95. The largest absolute Gasteiger partial charge is 0.310 e. The summed E-state index contributed by atoms with van der Waals surface area (Å²) in [6, 6.07) is 8.35. The van der Waals surface area contributed by atoms with Crippen molar-refractivity contribution < 1.29 is 0 Å². The maximum Gasteiger partial charge on any atom is 0.255 e. The van der Waals surface area contributed by atoms with Crippen LogP contribution >= 0.6 is 0 Å². The Hall–Kier alpha value is -2.73. The Morgan fingerprint density at radius 1 is 1.13 bits per heavy atom. The number of nitrogens with zero attached hydrogens (tertiary/aromatic N) is 3. The van der Waals surface area contributed by atoms with Crippen LogP contribution in [0.4, 0.5) is 0 Å². The SMILES string of the molecule is CC(C)(C)c1nc2c(c(=O)[nH]1)CN(Cc1cc3cccc4c3n(c1=O)CCC4)CC2. The van der Waals surface area contributed by atoms with Crippen LogP contribution in [0.1, 0.15) is 55.4 Å². The molecule has 156 valence electrons. The average molecular weight is 405 g/mol. The number of aromatic amines is 1. The van der Waals surface area contributed by atoms with Gasteiger partial charge in [-0.25, -0.2) is 4.98 Å². The standard InChI is InChI=1S/C24H28N4O2/c1-24(2,3)23-25-19-9-11-27(14-18(19)21(29)26-23)13-17-12-16-7-4-6-15-8-5-10-28(20(15)16)22(17)30/h4,6-7,12H,5,8-11,13-14H2,1-3H3,(H,25,26,29). The molecule has 1 N–H and O–H groups in total. The first-order valence-electron chi connectivity index (χ1n) is 10.8. The lowest BCUT2D eigenvalue weighted by molar-refractivity contribution is 0.239. The Labute approximate surface area is 175 Å². The molecule has 0 saturated heterocycles. The topological polar surface area (TPSA) is 71.0 Å². The van der Waals surface area contributed by atoms with E-state index in [4.69, 9.17) is 4.98 Å². The van der Waals surface area contributed by atoms with Crippen LogP contribution < -0.4 is 11.1 Å². The molecule has 4 heterocycles. The van der Waals surface area contributed by atoms with Gasteiger partial charge in [-0.2, -0.15) is 0 Å². The molecule has 1 aromatic carbocycles. The summed E-state index contributed by atoms with van der Waals surface area (Å²) in [6.07, 6.45) is 2.77. The van der Waals surface area contributed by atoms with Gasteiger partial charge in [-0.3, -0.25) is 14.5 Å². The molecule has 30 heavy (non-hydrogen) atoms. The smallest absolute Gasteiger partial charge is 0.255 e. The van der Waals surface area contributed by atoms with Crippen LogP contribution in [0.3, 0.4) is 0 Å². The number of H-pyrrole nitrogens is 1. The molecular weight excluding hydrogens is 376 g/mol. The second kappa shape index (κ2) is 6.91. The summed E-state index contributed by atoms with van der Waals surface area (Å²) >= 11 is 0. The Balaban J connectivity index is 1.48. The number of hydrogen-bond acceptors (Lipinski definition) is 4. The molecule has 0 saturated carbocycles. The van der Waals surface area contributed by atoms with Crippen LogP contribution in [0.25, 0.3) is 10.9 Å². The van der Waals surface area contributed by atoms with Gasteiger partial charge >= 0.3 is 0 Å². The van der Waals surface area contributed by atoms with Crippen molar-refractivity contribution in [3.63, 3.8) is 0 Å². The van der Waals surface area contributed by atoms with E-state index in [2.05, 4.69) is 48.9 Å². The minimum absolute atomic E-state index is 0.0513. The van der Waals surface area contributed by atoms with Crippen molar-refractivity contribution in [3.05, 3.63) is 73.2 Å². The summed E-state index contributed by atoms with van der Waals surface area (Å²) in [5.41, 5.74) is 4.67. The number of aryl methyl sites for hydroxylation is 2. The Bertz CT molecular complexity index is 1260. The van der Waals surface area contributed by atoms with Gasteiger partial charge in [0.05, 0.1) is 16.8 Å². The van der Waals surface area contributed by atoms with Crippen molar-refractivity contribution in [1.82, 2.24) is 19.4 Å². The van der Waals surface area contributed by atoms with Gasteiger partial charge in [-0.05, 0) is 29.9 Å². The number of nitrogens with one attached hydrogen (secondary N) is 1. The molecule has 2 aliphatic heterocycles. The molecule has 0 unspecified atom stereocenters. The van der Waals surface area contributed by atoms with Crippen molar-refractivity contribution >= 4 is 10.9 Å². The van der Waals surface area contributed by atoms with Gasteiger partial charge in [-0.1, -0.05) is 39.0 Å². The lowest BCUT2D eigenvalue weighted by Gasteiger charge is -2.29. The third-order valence-corrected chi connectivity index (χ3v) is 6.35. The normalized spacial score (nSPS) is 16.6. The van der Waals surface area contributed by atoms with Crippen molar-refractivity contribution in [3.8, 4) is 0 Å². The Kier molecular flexibility index (Phi) is 4.43. The summed E-state index contributed by atoms with van der Waals surface area (Å²) in [6.45, 7) is 8.82. The minimum Gasteiger partial charge on any atom is -0.310 e. The zero-order valence-electron chi connectivity index (χ0n) is 17.9. The highest BCUT2D eigenvalue weighted by Gasteiger charge is 2.26. The van der Waals surface area contributed by atoms with Crippen LogP contribution in [0.5, 0.6) is 0 Å². The molecule has 0 spiro atoms. The molecule has 0 bridgehead atoms.